The van der Waals surface area contributed by atoms with Gasteiger partial charge in [0.05, 0.1) is 19.3 Å². The Hall–Kier alpha value is -1.36. The number of amides is 1. The summed E-state index contributed by atoms with van der Waals surface area (Å²) < 4.78 is 30.7. The van der Waals surface area contributed by atoms with Crippen molar-refractivity contribution in [3.63, 3.8) is 0 Å². The number of ether oxygens (including phenoxy) is 1. The molecule has 1 amide bonds. The summed E-state index contributed by atoms with van der Waals surface area (Å²) in [5.41, 5.74) is 1.01. The third kappa shape index (κ3) is 1.95. The fraction of sp³-hybridized carbons (Fsp3) is 0.364. The fourth-order valence-electron chi connectivity index (χ4n) is 1.67. The highest BCUT2D eigenvalue weighted by atomic mass is 35.5. The smallest absolute Gasteiger partial charge is 0.342 e. The van der Waals surface area contributed by atoms with Crippen LogP contribution in [0.25, 0.3) is 0 Å². The Kier molecular flexibility index (Phi) is 2.95. The van der Waals surface area contributed by atoms with Crippen LogP contribution < -0.4 is 9.64 Å². The minimum absolute atomic E-state index is 0.147. The van der Waals surface area contributed by atoms with Gasteiger partial charge in [0, 0.05) is 11.9 Å². The average molecular weight is 262 g/mol. The molecule has 1 aromatic carbocycles. The summed E-state index contributed by atoms with van der Waals surface area (Å²) in [6, 6.07) is 4.86. The van der Waals surface area contributed by atoms with Gasteiger partial charge in [0.1, 0.15) is 5.75 Å². The Bertz CT molecular complexity index is 465. The Balaban J connectivity index is 2.35. The number of rotatable bonds is 3. The minimum Gasteiger partial charge on any atom is -0.497 e. The van der Waals surface area contributed by atoms with Crippen molar-refractivity contribution >= 4 is 23.2 Å². The van der Waals surface area contributed by atoms with Gasteiger partial charge in [-0.2, -0.15) is 8.78 Å². The largest absolute Gasteiger partial charge is 0.497 e. The second-order valence-corrected chi connectivity index (χ2v) is 3.99. The number of halogens is 3. The van der Waals surface area contributed by atoms with E-state index in [1.807, 2.05) is 0 Å². The summed E-state index contributed by atoms with van der Waals surface area (Å²) in [5.74, 6) is -3.81. The SMILES string of the molecule is COc1ccc(CCl)c(N2CC(F)(F)C2=O)c1. The number of nitrogens with zero attached hydrogens (tertiary/aromatic N) is 1. The van der Waals surface area contributed by atoms with Gasteiger partial charge < -0.3 is 9.64 Å². The number of anilines is 1. The molecule has 1 fully saturated rings. The first-order valence-corrected chi connectivity index (χ1v) is 5.45. The molecular weight excluding hydrogens is 252 g/mol. The first-order valence-electron chi connectivity index (χ1n) is 4.92. The molecule has 0 unspecified atom stereocenters. The van der Waals surface area contributed by atoms with Crippen molar-refractivity contribution in [1.29, 1.82) is 0 Å². The van der Waals surface area contributed by atoms with Crippen molar-refractivity contribution in [2.24, 2.45) is 0 Å². The van der Waals surface area contributed by atoms with Crippen molar-refractivity contribution < 1.29 is 18.3 Å². The van der Waals surface area contributed by atoms with E-state index in [2.05, 4.69) is 0 Å². The van der Waals surface area contributed by atoms with Gasteiger partial charge in [0.25, 0.3) is 5.91 Å². The number of carbonyl (C=O) groups is 1. The standard InChI is InChI=1S/C11H10ClF2NO2/c1-17-8-3-2-7(5-12)9(4-8)15-6-11(13,14)10(15)16/h2-4H,5-6H2,1H3. The van der Waals surface area contributed by atoms with Gasteiger partial charge in [-0.1, -0.05) is 6.07 Å². The number of hydrogen-bond acceptors (Lipinski definition) is 2. The molecule has 0 saturated carbocycles. The van der Waals surface area contributed by atoms with Gasteiger partial charge in [0.2, 0.25) is 0 Å². The summed E-state index contributed by atoms with van der Waals surface area (Å²) >= 11 is 5.71. The summed E-state index contributed by atoms with van der Waals surface area (Å²) in [6.45, 7) is -0.608. The highest BCUT2D eigenvalue weighted by molar-refractivity contribution is 6.18. The third-order valence-electron chi connectivity index (χ3n) is 2.64. The molecule has 0 N–H and O–H groups in total. The monoisotopic (exact) mass is 261 g/mol. The maximum absolute atomic E-state index is 12.8. The average Bonchev–Trinajstić information content (AvgIpc) is 2.35. The summed E-state index contributed by atoms with van der Waals surface area (Å²) in [6.07, 6.45) is 0. The van der Waals surface area contributed by atoms with Crippen molar-refractivity contribution in [3.05, 3.63) is 23.8 Å². The molecule has 0 aromatic heterocycles. The minimum atomic E-state index is -3.26. The first-order chi connectivity index (χ1) is 7.99. The Morgan fingerprint density at radius 2 is 2.24 bits per heavy atom. The molecule has 0 radical (unpaired) electrons. The van der Waals surface area contributed by atoms with Gasteiger partial charge in [-0.25, -0.2) is 0 Å². The van der Waals surface area contributed by atoms with Crippen LogP contribution >= 0.6 is 11.6 Å². The molecule has 0 aliphatic carbocycles. The molecule has 6 heteroatoms. The molecule has 1 aliphatic rings. The number of alkyl halides is 3. The Morgan fingerprint density at radius 3 is 2.71 bits per heavy atom. The third-order valence-corrected chi connectivity index (χ3v) is 2.93. The lowest BCUT2D eigenvalue weighted by Gasteiger charge is -2.38. The lowest BCUT2D eigenvalue weighted by molar-refractivity contribution is -0.152. The first kappa shape index (κ1) is 12.1. The number of benzene rings is 1. The van der Waals surface area contributed by atoms with E-state index in [9.17, 15) is 13.6 Å². The predicted octanol–water partition coefficient (Wildman–Crippen LogP) is 2.42. The molecule has 1 saturated heterocycles. The van der Waals surface area contributed by atoms with Crippen LogP contribution in [0.5, 0.6) is 5.75 Å². The van der Waals surface area contributed by atoms with Crippen LogP contribution in [0.2, 0.25) is 0 Å². The van der Waals surface area contributed by atoms with Gasteiger partial charge in [-0.3, -0.25) is 4.79 Å². The van der Waals surface area contributed by atoms with Crippen LogP contribution in [0.1, 0.15) is 5.56 Å². The summed E-state index contributed by atoms with van der Waals surface area (Å²) in [4.78, 5) is 12.3. The number of carbonyl (C=O) groups excluding carboxylic acids is 1. The molecule has 0 bridgehead atoms. The molecule has 0 spiro atoms. The summed E-state index contributed by atoms with van der Waals surface area (Å²) in [5, 5.41) is 0. The molecule has 2 rings (SSSR count). The molecule has 3 nitrogen and oxygen atoms in total. The van der Waals surface area contributed by atoms with Crippen molar-refractivity contribution in [1.82, 2.24) is 0 Å². The predicted molar refractivity (Wildman–Crippen MR) is 59.9 cm³/mol. The second-order valence-electron chi connectivity index (χ2n) is 3.72. The number of methoxy groups -OCH3 is 1. The van der Waals surface area contributed by atoms with E-state index in [0.717, 1.165) is 4.90 Å². The van der Waals surface area contributed by atoms with Gasteiger partial charge in [-0.15, -0.1) is 11.6 Å². The van der Waals surface area contributed by atoms with E-state index in [0.29, 0.717) is 17.0 Å². The maximum Gasteiger partial charge on any atom is 0.342 e. The Labute approximate surface area is 102 Å². The van der Waals surface area contributed by atoms with E-state index < -0.39 is 18.4 Å². The topological polar surface area (TPSA) is 29.5 Å². The van der Waals surface area contributed by atoms with Crippen LogP contribution in [-0.2, 0) is 10.7 Å². The van der Waals surface area contributed by atoms with Gasteiger partial charge in [-0.05, 0) is 11.6 Å². The normalized spacial score (nSPS) is 17.9. The number of β-lactam (4-membered cyclic amide) rings is 1. The second kappa shape index (κ2) is 4.14. The quantitative estimate of drug-likeness (QED) is 0.618. The van der Waals surface area contributed by atoms with Crippen LogP contribution in [0, 0.1) is 0 Å². The maximum atomic E-state index is 12.8. The van der Waals surface area contributed by atoms with E-state index in [1.165, 1.54) is 13.2 Å². The van der Waals surface area contributed by atoms with Gasteiger partial charge in [0.15, 0.2) is 0 Å². The van der Waals surface area contributed by atoms with Crippen LogP contribution in [-0.4, -0.2) is 25.5 Å². The molecule has 1 aliphatic heterocycles. The molecule has 1 heterocycles. The highest BCUT2D eigenvalue weighted by Crippen LogP contribution is 2.37. The summed E-state index contributed by atoms with van der Waals surface area (Å²) in [7, 11) is 1.46. The zero-order valence-corrected chi connectivity index (χ0v) is 9.80. The zero-order valence-electron chi connectivity index (χ0n) is 9.04. The van der Waals surface area contributed by atoms with Crippen molar-refractivity contribution in [3.8, 4) is 5.75 Å². The zero-order chi connectivity index (χ0) is 12.6. The molecule has 92 valence electrons. The lowest BCUT2D eigenvalue weighted by atomic mass is 10.1. The van der Waals surface area contributed by atoms with Crippen LogP contribution in [0.4, 0.5) is 14.5 Å². The number of hydrogen-bond donors (Lipinski definition) is 0. The van der Waals surface area contributed by atoms with Crippen LogP contribution in [0.3, 0.4) is 0 Å². The highest BCUT2D eigenvalue weighted by Gasteiger charge is 2.55. The van der Waals surface area contributed by atoms with E-state index in [-0.39, 0.29) is 5.88 Å². The van der Waals surface area contributed by atoms with Crippen molar-refractivity contribution in [2.75, 3.05) is 18.6 Å². The fourth-order valence-corrected chi connectivity index (χ4v) is 1.90. The molecular formula is C11H10ClF2NO2. The van der Waals surface area contributed by atoms with E-state index in [1.54, 1.807) is 12.1 Å². The van der Waals surface area contributed by atoms with E-state index >= 15 is 0 Å². The van der Waals surface area contributed by atoms with E-state index in [4.69, 9.17) is 16.3 Å². The van der Waals surface area contributed by atoms with Crippen molar-refractivity contribution in [2.45, 2.75) is 11.8 Å². The Morgan fingerprint density at radius 1 is 1.53 bits per heavy atom. The molecule has 17 heavy (non-hydrogen) atoms. The van der Waals surface area contributed by atoms with Gasteiger partial charge >= 0.3 is 5.92 Å². The lowest BCUT2D eigenvalue weighted by Crippen LogP contribution is -2.62. The molecule has 0 atom stereocenters. The molecule has 1 aromatic rings. The van der Waals surface area contributed by atoms with Crippen LogP contribution in [0.15, 0.2) is 18.2 Å².